The summed E-state index contributed by atoms with van der Waals surface area (Å²) < 4.78 is 2.35. The summed E-state index contributed by atoms with van der Waals surface area (Å²) in [6, 6.07) is 14.2. The van der Waals surface area contributed by atoms with E-state index in [0.717, 1.165) is 45.6 Å². The van der Waals surface area contributed by atoms with Gasteiger partial charge in [0, 0.05) is 36.9 Å². The van der Waals surface area contributed by atoms with Crippen LogP contribution >= 0.6 is 57.6 Å². The molecule has 4 rings (SSSR count). The lowest BCUT2D eigenvalue weighted by atomic mass is 9.94. The molecule has 0 fully saturated rings. The monoisotopic (exact) mass is 552 g/mol. The van der Waals surface area contributed by atoms with Crippen molar-refractivity contribution in [3.05, 3.63) is 66.3 Å². The fourth-order valence-electron chi connectivity index (χ4n) is 3.30. The highest BCUT2D eigenvalue weighted by Crippen LogP contribution is 2.43. The van der Waals surface area contributed by atoms with Gasteiger partial charge in [0.05, 0.1) is 0 Å². The van der Waals surface area contributed by atoms with E-state index >= 15 is 0 Å². The normalized spacial score (nSPS) is 22.0. The maximum atomic E-state index is 11.7. The number of benzene rings is 2. The largest absolute Gasteiger partial charge is 0.363 e. The maximum Gasteiger partial charge on any atom is 0.193 e. The van der Waals surface area contributed by atoms with Gasteiger partial charge in [-0.3, -0.25) is 4.99 Å². The first-order valence-corrected chi connectivity index (χ1v) is 9.38. The standard InChI is InChI=1S/C17H14I2N2O.ClH/c18-14-7-6-11(10-15(14)19)17(22)13-5-2-1-4-12(13)16-20-8-3-9-21(16)17;/h1-2,4-7,10,22H,3,8-9H2;1H. The van der Waals surface area contributed by atoms with E-state index in [-0.39, 0.29) is 12.4 Å². The number of rotatable bonds is 1. The molecule has 1 atom stereocenters. The number of aliphatic imine (C=N–C) groups is 1. The summed E-state index contributed by atoms with van der Waals surface area (Å²) >= 11 is 4.64. The molecule has 0 radical (unpaired) electrons. The summed E-state index contributed by atoms with van der Waals surface area (Å²) in [7, 11) is 0. The van der Waals surface area contributed by atoms with Gasteiger partial charge in [-0.05, 0) is 63.7 Å². The third-order valence-electron chi connectivity index (χ3n) is 4.31. The number of fused-ring (bicyclic) bond motifs is 3. The molecule has 6 heteroatoms. The summed E-state index contributed by atoms with van der Waals surface area (Å²) in [4.78, 5) is 6.73. The molecule has 0 aromatic heterocycles. The predicted molar refractivity (Wildman–Crippen MR) is 111 cm³/mol. The Morgan fingerprint density at radius 1 is 1.09 bits per heavy atom. The van der Waals surface area contributed by atoms with E-state index < -0.39 is 5.72 Å². The van der Waals surface area contributed by atoms with Gasteiger partial charge in [0.15, 0.2) is 5.72 Å². The molecule has 3 nitrogen and oxygen atoms in total. The minimum atomic E-state index is -1.11. The number of halogens is 3. The van der Waals surface area contributed by atoms with Gasteiger partial charge in [0.25, 0.3) is 0 Å². The first kappa shape index (κ1) is 17.4. The second kappa shape index (κ2) is 6.50. The van der Waals surface area contributed by atoms with Crippen LogP contribution in [-0.2, 0) is 5.72 Å². The number of aliphatic hydroxyl groups is 1. The van der Waals surface area contributed by atoms with Gasteiger partial charge in [-0.1, -0.05) is 30.3 Å². The molecule has 0 bridgehead atoms. The minimum absolute atomic E-state index is 0. The average molecular weight is 553 g/mol. The molecule has 2 aromatic carbocycles. The number of amidine groups is 1. The fourth-order valence-corrected chi connectivity index (χ4v) is 4.15. The Bertz CT molecular complexity index is 796. The highest BCUT2D eigenvalue weighted by Gasteiger charge is 2.48. The summed E-state index contributed by atoms with van der Waals surface area (Å²) in [5, 5.41) is 11.7. The van der Waals surface area contributed by atoms with Crippen LogP contribution in [0.3, 0.4) is 0 Å². The molecular formula is C17H15ClI2N2O. The van der Waals surface area contributed by atoms with Crippen LogP contribution < -0.4 is 0 Å². The van der Waals surface area contributed by atoms with Crippen molar-refractivity contribution in [1.82, 2.24) is 4.90 Å². The van der Waals surface area contributed by atoms with Gasteiger partial charge in [0.2, 0.25) is 0 Å². The quantitative estimate of drug-likeness (QED) is 0.544. The Balaban J connectivity index is 0.00000156. The van der Waals surface area contributed by atoms with Gasteiger partial charge >= 0.3 is 0 Å². The summed E-state index contributed by atoms with van der Waals surface area (Å²) in [5.41, 5.74) is 1.79. The van der Waals surface area contributed by atoms with Crippen molar-refractivity contribution in [2.45, 2.75) is 12.1 Å². The Kier molecular flexibility index (Phi) is 4.93. The van der Waals surface area contributed by atoms with E-state index in [1.54, 1.807) is 0 Å². The van der Waals surface area contributed by atoms with E-state index in [1.807, 2.05) is 24.3 Å². The molecule has 0 aliphatic carbocycles. The smallest absolute Gasteiger partial charge is 0.193 e. The highest BCUT2D eigenvalue weighted by molar-refractivity contribution is 14.1. The second-order valence-corrected chi connectivity index (χ2v) is 7.88. The summed E-state index contributed by atoms with van der Waals surface area (Å²) in [5.74, 6) is 0.929. The number of hydrogen-bond acceptors (Lipinski definition) is 3. The van der Waals surface area contributed by atoms with Crippen LogP contribution in [0.15, 0.2) is 47.5 Å². The molecule has 0 saturated carbocycles. The lowest BCUT2D eigenvalue weighted by Gasteiger charge is -2.37. The fraction of sp³-hybridized carbons (Fsp3) is 0.235. The van der Waals surface area contributed by atoms with Crippen LogP contribution in [0.25, 0.3) is 0 Å². The van der Waals surface area contributed by atoms with Crippen LogP contribution in [0.4, 0.5) is 0 Å². The van der Waals surface area contributed by atoms with Crippen LogP contribution in [0.5, 0.6) is 0 Å². The highest BCUT2D eigenvalue weighted by atomic mass is 127. The van der Waals surface area contributed by atoms with Crippen LogP contribution in [0.1, 0.15) is 23.1 Å². The molecule has 2 aliphatic rings. The third-order valence-corrected chi connectivity index (χ3v) is 7.18. The lowest BCUT2D eigenvalue weighted by molar-refractivity contribution is -0.0318. The van der Waals surface area contributed by atoms with E-state index in [4.69, 9.17) is 0 Å². The maximum absolute atomic E-state index is 11.7. The van der Waals surface area contributed by atoms with Crippen molar-refractivity contribution in [2.24, 2.45) is 4.99 Å². The van der Waals surface area contributed by atoms with Crippen molar-refractivity contribution in [1.29, 1.82) is 0 Å². The van der Waals surface area contributed by atoms with Crippen molar-refractivity contribution >= 4 is 63.4 Å². The van der Waals surface area contributed by atoms with Crippen molar-refractivity contribution in [2.75, 3.05) is 13.1 Å². The zero-order valence-corrected chi connectivity index (χ0v) is 17.3. The van der Waals surface area contributed by atoms with E-state index in [9.17, 15) is 5.11 Å². The van der Waals surface area contributed by atoms with Gasteiger partial charge in [-0.2, -0.15) is 0 Å². The number of nitrogens with zero attached hydrogens (tertiary/aromatic N) is 2. The minimum Gasteiger partial charge on any atom is -0.363 e. The molecule has 2 aromatic rings. The molecule has 0 saturated heterocycles. The molecule has 1 unspecified atom stereocenters. The first-order valence-electron chi connectivity index (χ1n) is 7.22. The lowest BCUT2D eigenvalue weighted by Crippen LogP contribution is -2.47. The summed E-state index contributed by atoms with van der Waals surface area (Å²) in [6.45, 7) is 1.66. The van der Waals surface area contributed by atoms with Crippen LogP contribution in [0, 0.1) is 7.14 Å². The second-order valence-electron chi connectivity index (χ2n) is 5.56. The zero-order valence-electron chi connectivity index (χ0n) is 12.2. The molecule has 2 heterocycles. The van der Waals surface area contributed by atoms with E-state index in [2.05, 4.69) is 73.3 Å². The van der Waals surface area contributed by atoms with Crippen molar-refractivity contribution in [3.63, 3.8) is 0 Å². The Labute approximate surface area is 168 Å². The number of hydrogen-bond donors (Lipinski definition) is 1. The average Bonchev–Trinajstić information content (AvgIpc) is 2.82. The van der Waals surface area contributed by atoms with Crippen LogP contribution in [-0.4, -0.2) is 28.9 Å². The Morgan fingerprint density at radius 2 is 1.87 bits per heavy atom. The molecule has 0 amide bonds. The first-order chi connectivity index (χ1) is 10.6. The SMILES string of the molecule is Cl.OC1(c2ccc(I)c(I)c2)c2ccccc2C2=NCCCN21. The van der Waals surface area contributed by atoms with Gasteiger partial charge in [0.1, 0.15) is 5.84 Å². The van der Waals surface area contributed by atoms with Gasteiger partial charge in [-0.15, -0.1) is 12.4 Å². The Morgan fingerprint density at radius 3 is 2.65 bits per heavy atom. The van der Waals surface area contributed by atoms with E-state index in [0.29, 0.717) is 0 Å². The molecule has 120 valence electrons. The molecule has 2 aliphatic heterocycles. The van der Waals surface area contributed by atoms with Crippen molar-refractivity contribution in [3.8, 4) is 0 Å². The summed E-state index contributed by atoms with van der Waals surface area (Å²) in [6.07, 6.45) is 0.973. The molecule has 1 N–H and O–H groups in total. The van der Waals surface area contributed by atoms with E-state index in [1.165, 1.54) is 3.57 Å². The van der Waals surface area contributed by atoms with Gasteiger partial charge in [-0.25, -0.2) is 0 Å². The third kappa shape index (κ3) is 2.60. The molecular weight excluding hydrogens is 537 g/mol. The molecule has 0 spiro atoms. The van der Waals surface area contributed by atoms with Crippen molar-refractivity contribution < 1.29 is 5.11 Å². The van der Waals surface area contributed by atoms with Crippen LogP contribution in [0.2, 0.25) is 0 Å². The molecule has 23 heavy (non-hydrogen) atoms. The Hall–Kier alpha value is -0.380. The van der Waals surface area contributed by atoms with Gasteiger partial charge < -0.3 is 10.0 Å². The predicted octanol–water partition coefficient (Wildman–Crippen LogP) is 3.98. The zero-order chi connectivity index (χ0) is 15.3. The topological polar surface area (TPSA) is 35.8 Å².